The number of rotatable bonds is 4. The molecule has 1 aromatic rings. The van der Waals surface area contributed by atoms with Crippen LogP contribution in [0.1, 0.15) is 32.5 Å². The van der Waals surface area contributed by atoms with E-state index in [9.17, 15) is 14.4 Å². The Hall–Kier alpha value is -1.02. The van der Waals surface area contributed by atoms with Gasteiger partial charge >= 0.3 is 5.97 Å². The molecule has 0 atom stereocenters. The highest BCUT2D eigenvalue weighted by Gasteiger charge is 2.33. The number of thiophene rings is 1. The Morgan fingerprint density at radius 2 is 1.90 bits per heavy atom. The molecule has 2 amide bonds. The molecule has 0 spiro atoms. The number of nitrogens with one attached hydrogen (secondary N) is 1. The maximum absolute atomic E-state index is 11.9. The summed E-state index contributed by atoms with van der Waals surface area (Å²) >= 11 is 17.2. The van der Waals surface area contributed by atoms with Gasteiger partial charge in [0.25, 0.3) is 15.6 Å². The third-order valence-corrected chi connectivity index (χ3v) is 4.07. The Morgan fingerprint density at radius 1 is 1.33 bits per heavy atom. The number of esters is 1. The molecule has 0 aliphatic rings. The number of halogens is 3. The maximum atomic E-state index is 11.9. The molecule has 3 N–H and O–H groups in total. The molecule has 1 rings (SSSR count). The monoisotopic (exact) mass is 372 g/mol. The highest BCUT2D eigenvalue weighted by Crippen LogP contribution is 2.35. The summed E-state index contributed by atoms with van der Waals surface area (Å²) in [4.78, 5) is 35.1. The third-order valence-electron chi connectivity index (χ3n) is 2.33. The van der Waals surface area contributed by atoms with Gasteiger partial charge in [-0.1, -0.05) is 34.8 Å². The van der Waals surface area contributed by atoms with Gasteiger partial charge in [0, 0.05) is 0 Å². The van der Waals surface area contributed by atoms with E-state index in [4.69, 9.17) is 45.3 Å². The van der Waals surface area contributed by atoms with Crippen molar-refractivity contribution in [3.8, 4) is 0 Å². The number of alkyl halides is 3. The van der Waals surface area contributed by atoms with E-state index in [1.807, 2.05) is 0 Å². The first-order chi connectivity index (χ1) is 9.59. The van der Waals surface area contributed by atoms with Crippen molar-refractivity contribution in [1.82, 2.24) is 0 Å². The van der Waals surface area contributed by atoms with Crippen molar-refractivity contribution in [3.05, 3.63) is 16.0 Å². The van der Waals surface area contributed by atoms with Crippen molar-refractivity contribution in [3.63, 3.8) is 0 Å². The molecule has 0 radical (unpaired) electrons. The van der Waals surface area contributed by atoms with Gasteiger partial charge in [-0.25, -0.2) is 4.79 Å². The van der Waals surface area contributed by atoms with Crippen LogP contribution in [0.3, 0.4) is 0 Å². The summed E-state index contributed by atoms with van der Waals surface area (Å²) in [6, 6.07) is 0. The van der Waals surface area contributed by atoms with Crippen LogP contribution < -0.4 is 11.1 Å². The lowest BCUT2D eigenvalue weighted by atomic mass is 10.1. The zero-order chi connectivity index (χ0) is 16.4. The Labute approximate surface area is 139 Å². The van der Waals surface area contributed by atoms with Gasteiger partial charge in [0.1, 0.15) is 5.00 Å². The number of carbonyl (C=O) groups excluding carboxylic acids is 3. The molecule has 0 aliphatic heterocycles. The van der Waals surface area contributed by atoms with Gasteiger partial charge in [-0.3, -0.25) is 9.59 Å². The van der Waals surface area contributed by atoms with Crippen molar-refractivity contribution in [2.24, 2.45) is 5.73 Å². The van der Waals surface area contributed by atoms with Crippen LogP contribution in [0.5, 0.6) is 0 Å². The molecule has 116 valence electrons. The van der Waals surface area contributed by atoms with E-state index < -0.39 is 21.6 Å². The summed E-state index contributed by atoms with van der Waals surface area (Å²) in [5, 5.41) is 2.32. The molecule has 1 aromatic heterocycles. The Morgan fingerprint density at radius 3 is 2.33 bits per heavy atom. The minimum atomic E-state index is -2.21. The Kier molecular flexibility index (Phi) is 5.86. The summed E-state index contributed by atoms with van der Waals surface area (Å²) in [6.07, 6.45) is 0. The molecule has 0 aromatic carbocycles. The number of anilines is 1. The van der Waals surface area contributed by atoms with Gasteiger partial charge in [-0.15, -0.1) is 11.3 Å². The number of amides is 2. The fourth-order valence-corrected chi connectivity index (χ4v) is 2.64. The van der Waals surface area contributed by atoms with Crippen LogP contribution >= 0.6 is 46.1 Å². The number of ether oxygens (including phenoxy) is 1. The van der Waals surface area contributed by atoms with Gasteiger partial charge in [0.15, 0.2) is 0 Å². The van der Waals surface area contributed by atoms with Gasteiger partial charge in [0.2, 0.25) is 0 Å². The molecule has 0 saturated carbocycles. The van der Waals surface area contributed by atoms with Crippen molar-refractivity contribution < 1.29 is 19.1 Å². The van der Waals surface area contributed by atoms with E-state index in [0.29, 0.717) is 5.56 Å². The zero-order valence-corrected chi connectivity index (χ0v) is 14.0. The van der Waals surface area contributed by atoms with E-state index >= 15 is 0 Å². The highest BCUT2D eigenvalue weighted by molar-refractivity contribution is 7.18. The van der Waals surface area contributed by atoms with Crippen LogP contribution in [0.2, 0.25) is 0 Å². The molecule has 0 aliphatic carbocycles. The molecule has 0 bridgehead atoms. The first kappa shape index (κ1) is 18.0. The summed E-state index contributed by atoms with van der Waals surface area (Å²) in [5.41, 5.74) is 5.53. The minimum Gasteiger partial charge on any atom is -0.462 e. The number of hydrogen-bond donors (Lipinski definition) is 2. The number of hydrogen-bond acceptors (Lipinski definition) is 5. The summed E-state index contributed by atoms with van der Waals surface area (Å²) < 4.78 is 2.66. The van der Waals surface area contributed by atoms with Gasteiger partial charge in [-0.05, 0) is 19.4 Å². The number of nitrogens with two attached hydrogens (primary N) is 1. The zero-order valence-electron chi connectivity index (χ0n) is 11.0. The number of primary amides is 1. The molecule has 10 heteroatoms. The first-order valence-electron chi connectivity index (χ1n) is 5.58. The van der Waals surface area contributed by atoms with E-state index in [2.05, 4.69) is 5.32 Å². The second kappa shape index (κ2) is 6.83. The van der Waals surface area contributed by atoms with Crippen molar-refractivity contribution >= 4 is 68.9 Å². The largest absolute Gasteiger partial charge is 0.462 e. The maximum Gasteiger partial charge on any atom is 0.341 e. The predicted molar refractivity (Wildman–Crippen MR) is 82.5 cm³/mol. The van der Waals surface area contributed by atoms with Crippen LogP contribution in [0.4, 0.5) is 5.00 Å². The predicted octanol–water partition coefficient (Wildman–Crippen LogP) is 2.64. The third kappa shape index (κ3) is 4.23. The summed E-state index contributed by atoms with van der Waals surface area (Å²) in [7, 11) is 0. The lowest BCUT2D eigenvalue weighted by Gasteiger charge is -2.11. The molecule has 6 nitrogen and oxygen atoms in total. The Balaban J connectivity index is 3.30. The second-order valence-corrected chi connectivity index (χ2v) is 7.10. The molecular weight excluding hydrogens is 363 g/mol. The van der Waals surface area contributed by atoms with Gasteiger partial charge < -0.3 is 15.8 Å². The molecular formula is C11H11Cl3N2O4S. The van der Waals surface area contributed by atoms with Crippen molar-refractivity contribution in [2.75, 3.05) is 11.9 Å². The van der Waals surface area contributed by atoms with Crippen LogP contribution in [0.15, 0.2) is 0 Å². The lowest BCUT2D eigenvalue weighted by molar-refractivity contribution is -0.115. The van der Waals surface area contributed by atoms with Crippen LogP contribution in [-0.2, 0) is 9.53 Å². The highest BCUT2D eigenvalue weighted by atomic mass is 35.6. The van der Waals surface area contributed by atoms with E-state index in [1.165, 1.54) is 6.92 Å². The number of carbonyl (C=O) groups is 3. The van der Waals surface area contributed by atoms with Crippen molar-refractivity contribution in [1.29, 1.82) is 0 Å². The summed E-state index contributed by atoms with van der Waals surface area (Å²) in [5.74, 6) is -2.41. The standard InChI is InChI=1S/C11H11Cl3N2O4S/c1-3-20-9(18)5-4(2)6(7(15)17)21-8(5)16-10(19)11(12,13)14/h3H2,1-2H3,(H2,15,17)(H,16,19). The molecule has 0 fully saturated rings. The SMILES string of the molecule is CCOC(=O)c1c(NC(=O)C(Cl)(Cl)Cl)sc(C(N)=O)c1C. The minimum absolute atomic E-state index is 0.0123. The lowest BCUT2D eigenvalue weighted by Crippen LogP contribution is -2.27. The second-order valence-electron chi connectivity index (χ2n) is 3.80. The summed E-state index contributed by atoms with van der Waals surface area (Å²) in [6.45, 7) is 3.25. The smallest absolute Gasteiger partial charge is 0.341 e. The Bertz CT molecular complexity index is 595. The topological polar surface area (TPSA) is 98.5 Å². The normalized spacial score (nSPS) is 11.1. The molecule has 1 heterocycles. The fourth-order valence-electron chi connectivity index (χ4n) is 1.46. The first-order valence-corrected chi connectivity index (χ1v) is 7.53. The van der Waals surface area contributed by atoms with Crippen LogP contribution in [0.25, 0.3) is 0 Å². The molecule has 0 unspecified atom stereocenters. The molecule has 0 saturated heterocycles. The van der Waals surface area contributed by atoms with E-state index in [0.717, 1.165) is 11.3 Å². The van der Waals surface area contributed by atoms with Gasteiger partial charge in [0.05, 0.1) is 17.0 Å². The van der Waals surface area contributed by atoms with Crippen LogP contribution in [-0.4, -0.2) is 28.2 Å². The van der Waals surface area contributed by atoms with Gasteiger partial charge in [-0.2, -0.15) is 0 Å². The molecule has 21 heavy (non-hydrogen) atoms. The average molecular weight is 374 g/mol. The van der Waals surface area contributed by atoms with Crippen molar-refractivity contribution in [2.45, 2.75) is 17.6 Å². The quantitative estimate of drug-likeness (QED) is 0.626. The van der Waals surface area contributed by atoms with E-state index in [-0.39, 0.29) is 22.0 Å². The fraction of sp³-hybridized carbons (Fsp3) is 0.364. The van der Waals surface area contributed by atoms with Crippen LogP contribution in [0, 0.1) is 6.92 Å². The average Bonchev–Trinajstić information content (AvgIpc) is 2.65. The van der Waals surface area contributed by atoms with E-state index in [1.54, 1.807) is 6.92 Å².